The molecule has 0 bridgehead atoms. The zero-order chi connectivity index (χ0) is 17.9. The fraction of sp³-hybridized carbons (Fsp3) is 0.176. The van der Waals surface area contributed by atoms with Crippen LogP contribution in [0.3, 0.4) is 0 Å². The van der Waals surface area contributed by atoms with Gasteiger partial charge in [-0.3, -0.25) is 4.98 Å². The van der Waals surface area contributed by atoms with Gasteiger partial charge in [-0.05, 0) is 12.1 Å². The van der Waals surface area contributed by atoms with Gasteiger partial charge in [-0.15, -0.1) is 0 Å². The molecule has 26 heavy (non-hydrogen) atoms. The second-order valence-electron chi connectivity index (χ2n) is 5.68. The van der Waals surface area contributed by atoms with E-state index in [1.807, 2.05) is 0 Å². The first-order valence-electron chi connectivity index (χ1n) is 7.90. The van der Waals surface area contributed by atoms with Crippen molar-refractivity contribution < 1.29 is 13.5 Å². The molecule has 7 nitrogen and oxygen atoms in total. The highest BCUT2D eigenvalue weighted by molar-refractivity contribution is 5.61. The van der Waals surface area contributed by atoms with Gasteiger partial charge in [0.2, 0.25) is 11.9 Å². The summed E-state index contributed by atoms with van der Waals surface area (Å²) in [4.78, 5) is 16.6. The molecular formula is C17H14F2N6O. The first-order valence-corrected chi connectivity index (χ1v) is 7.90. The van der Waals surface area contributed by atoms with E-state index in [0.29, 0.717) is 18.9 Å². The molecule has 0 atom stereocenters. The van der Waals surface area contributed by atoms with Crippen LogP contribution in [-0.2, 0) is 4.74 Å². The van der Waals surface area contributed by atoms with Crippen LogP contribution in [0.1, 0.15) is 0 Å². The average molecular weight is 356 g/mol. The molecule has 0 spiro atoms. The third-order valence-corrected chi connectivity index (χ3v) is 3.68. The van der Waals surface area contributed by atoms with Crippen LogP contribution < -0.4 is 10.6 Å². The number of ether oxygens (including phenoxy) is 1. The Labute approximate surface area is 147 Å². The predicted octanol–water partition coefficient (Wildman–Crippen LogP) is 2.77. The second-order valence-corrected chi connectivity index (χ2v) is 5.68. The summed E-state index contributed by atoms with van der Waals surface area (Å²) in [6, 6.07) is 7.52. The molecule has 1 saturated heterocycles. The molecule has 3 heterocycles. The molecule has 132 valence electrons. The number of nitrogens with one attached hydrogen (secondary N) is 2. The van der Waals surface area contributed by atoms with Crippen LogP contribution in [0.5, 0.6) is 0 Å². The smallest absolute Gasteiger partial charge is 0.232 e. The maximum absolute atomic E-state index is 14.1. The van der Waals surface area contributed by atoms with Crippen LogP contribution in [0.25, 0.3) is 11.4 Å². The zero-order valence-electron chi connectivity index (χ0n) is 13.5. The molecule has 2 aromatic heterocycles. The van der Waals surface area contributed by atoms with Crippen LogP contribution in [0.15, 0.2) is 42.7 Å². The summed E-state index contributed by atoms with van der Waals surface area (Å²) < 4.78 is 32.6. The van der Waals surface area contributed by atoms with Crippen molar-refractivity contribution >= 4 is 17.6 Å². The Morgan fingerprint density at radius 1 is 1.00 bits per heavy atom. The van der Waals surface area contributed by atoms with E-state index in [1.54, 1.807) is 18.2 Å². The summed E-state index contributed by atoms with van der Waals surface area (Å²) in [6.07, 6.45) is 2.52. The second kappa shape index (κ2) is 6.96. The van der Waals surface area contributed by atoms with Crippen molar-refractivity contribution in [3.05, 3.63) is 54.4 Å². The zero-order valence-corrected chi connectivity index (χ0v) is 13.5. The van der Waals surface area contributed by atoms with E-state index in [0.717, 1.165) is 6.20 Å². The molecule has 4 rings (SSSR count). The highest BCUT2D eigenvalue weighted by Crippen LogP contribution is 2.23. The van der Waals surface area contributed by atoms with Crippen LogP contribution in [0.2, 0.25) is 0 Å². The number of hydrogen-bond acceptors (Lipinski definition) is 7. The van der Waals surface area contributed by atoms with Gasteiger partial charge in [0.05, 0.1) is 42.9 Å². The molecule has 0 unspecified atom stereocenters. The van der Waals surface area contributed by atoms with E-state index in [-0.39, 0.29) is 29.3 Å². The lowest BCUT2D eigenvalue weighted by Crippen LogP contribution is -2.40. The van der Waals surface area contributed by atoms with Gasteiger partial charge < -0.3 is 15.4 Å². The van der Waals surface area contributed by atoms with Crippen molar-refractivity contribution in [2.45, 2.75) is 6.04 Å². The molecule has 0 saturated carbocycles. The lowest BCUT2D eigenvalue weighted by atomic mass is 10.2. The van der Waals surface area contributed by atoms with E-state index in [9.17, 15) is 8.78 Å². The Hall–Kier alpha value is -3.20. The number of hydrogen-bond donors (Lipinski definition) is 2. The number of aromatic nitrogens is 4. The van der Waals surface area contributed by atoms with Crippen molar-refractivity contribution in [2.24, 2.45) is 0 Å². The van der Waals surface area contributed by atoms with Crippen LogP contribution in [0, 0.1) is 11.6 Å². The SMILES string of the molecule is Fc1cncc(Nc2nc(NC3COC3)nc(-c3ccccc3F)n2)c1. The number of nitrogens with zero attached hydrogens (tertiary/aromatic N) is 4. The molecular weight excluding hydrogens is 342 g/mol. The van der Waals surface area contributed by atoms with Crippen molar-refractivity contribution in [2.75, 3.05) is 23.8 Å². The summed E-state index contributed by atoms with van der Waals surface area (Å²) in [5, 5.41) is 5.97. The summed E-state index contributed by atoms with van der Waals surface area (Å²) in [7, 11) is 0. The molecule has 3 aromatic rings. The summed E-state index contributed by atoms with van der Waals surface area (Å²) in [5.41, 5.74) is 0.608. The third kappa shape index (κ3) is 3.57. The van der Waals surface area contributed by atoms with Gasteiger partial charge in [0.1, 0.15) is 11.6 Å². The minimum absolute atomic E-state index is 0.0783. The highest BCUT2D eigenvalue weighted by atomic mass is 19.1. The predicted molar refractivity (Wildman–Crippen MR) is 90.9 cm³/mol. The number of benzene rings is 1. The van der Waals surface area contributed by atoms with Crippen molar-refractivity contribution in [1.82, 2.24) is 19.9 Å². The normalized spacial score (nSPS) is 13.9. The quantitative estimate of drug-likeness (QED) is 0.727. The van der Waals surface area contributed by atoms with E-state index >= 15 is 0 Å². The summed E-state index contributed by atoms with van der Waals surface area (Å²) >= 11 is 0. The number of rotatable bonds is 5. The van der Waals surface area contributed by atoms with E-state index in [2.05, 4.69) is 30.6 Å². The van der Waals surface area contributed by atoms with E-state index in [1.165, 1.54) is 18.3 Å². The number of pyridine rings is 1. The Bertz CT molecular complexity index is 935. The van der Waals surface area contributed by atoms with Gasteiger partial charge in [-0.2, -0.15) is 15.0 Å². The minimum Gasteiger partial charge on any atom is -0.377 e. The summed E-state index contributed by atoms with van der Waals surface area (Å²) in [5.74, 6) is -0.363. The lowest BCUT2D eigenvalue weighted by Gasteiger charge is -2.26. The lowest BCUT2D eigenvalue weighted by molar-refractivity contribution is 0.0208. The molecule has 2 N–H and O–H groups in total. The van der Waals surface area contributed by atoms with Crippen molar-refractivity contribution in [3.8, 4) is 11.4 Å². The van der Waals surface area contributed by atoms with Crippen LogP contribution in [0.4, 0.5) is 26.4 Å². The topological polar surface area (TPSA) is 84.9 Å². The van der Waals surface area contributed by atoms with Gasteiger partial charge in [-0.1, -0.05) is 12.1 Å². The molecule has 0 amide bonds. The van der Waals surface area contributed by atoms with Crippen molar-refractivity contribution in [1.29, 1.82) is 0 Å². The van der Waals surface area contributed by atoms with Crippen molar-refractivity contribution in [3.63, 3.8) is 0 Å². The average Bonchev–Trinajstić information content (AvgIpc) is 2.58. The number of halogens is 2. The van der Waals surface area contributed by atoms with E-state index in [4.69, 9.17) is 4.74 Å². The van der Waals surface area contributed by atoms with Gasteiger partial charge in [-0.25, -0.2) is 8.78 Å². The van der Waals surface area contributed by atoms with E-state index < -0.39 is 11.6 Å². The molecule has 0 aliphatic carbocycles. The maximum atomic E-state index is 14.1. The third-order valence-electron chi connectivity index (χ3n) is 3.68. The fourth-order valence-electron chi connectivity index (χ4n) is 2.37. The van der Waals surface area contributed by atoms with Gasteiger partial charge >= 0.3 is 0 Å². The minimum atomic E-state index is -0.497. The van der Waals surface area contributed by atoms with Gasteiger partial charge in [0.15, 0.2) is 5.82 Å². The maximum Gasteiger partial charge on any atom is 0.232 e. The largest absolute Gasteiger partial charge is 0.377 e. The fourth-order valence-corrected chi connectivity index (χ4v) is 2.37. The first-order chi connectivity index (χ1) is 12.7. The molecule has 1 aliphatic heterocycles. The first kappa shape index (κ1) is 16.3. The Balaban J connectivity index is 1.71. The molecule has 1 fully saturated rings. The molecule has 0 radical (unpaired) electrons. The number of anilines is 3. The summed E-state index contributed by atoms with van der Waals surface area (Å²) in [6.45, 7) is 1.08. The van der Waals surface area contributed by atoms with Gasteiger partial charge in [0, 0.05) is 6.07 Å². The Morgan fingerprint density at radius 3 is 2.54 bits per heavy atom. The van der Waals surface area contributed by atoms with Crippen LogP contribution >= 0.6 is 0 Å². The van der Waals surface area contributed by atoms with Gasteiger partial charge in [0.25, 0.3) is 0 Å². The Morgan fingerprint density at radius 2 is 1.81 bits per heavy atom. The molecule has 1 aromatic carbocycles. The standard InChI is InChI=1S/C17H14F2N6O/c18-10-5-11(7-20-6-10)21-16-23-15(13-3-1-2-4-14(13)19)24-17(25-16)22-12-8-26-9-12/h1-7,12H,8-9H2,(H2,21,22,23,24,25). The van der Waals surface area contributed by atoms with Crippen LogP contribution in [-0.4, -0.2) is 39.2 Å². The molecule has 1 aliphatic rings. The molecule has 9 heteroatoms. The Kier molecular flexibility index (Phi) is 4.36. The monoisotopic (exact) mass is 356 g/mol. The highest BCUT2D eigenvalue weighted by Gasteiger charge is 2.20.